The molecule has 26 heavy (non-hydrogen) atoms. The zero-order valence-electron chi connectivity index (χ0n) is 14.3. The molecule has 3 aromatic rings. The molecular weight excluding hydrogens is 328 g/mol. The minimum absolute atomic E-state index is 0.377. The lowest BCUT2D eigenvalue weighted by Gasteiger charge is -2.09. The zero-order chi connectivity index (χ0) is 18.7. The van der Waals surface area contributed by atoms with E-state index in [0.29, 0.717) is 16.1 Å². The van der Waals surface area contributed by atoms with E-state index < -0.39 is 18.1 Å². The van der Waals surface area contributed by atoms with E-state index in [9.17, 15) is 9.59 Å². The summed E-state index contributed by atoms with van der Waals surface area (Å²) in [7, 11) is 0. The summed E-state index contributed by atoms with van der Waals surface area (Å²) in [6.07, 6.45) is 4.90. The van der Waals surface area contributed by atoms with Gasteiger partial charge in [0.15, 0.2) is 0 Å². The molecule has 0 aliphatic carbocycles. The van der Waals surface area contributed by atoms with Crippen molar-refractivity contribution in [1.29, 1.82) is 0 Å². The average molecular weight is 346 g/mol. The lowest BCUT2D eigenvalue weighted by Crippen LogP contribution is -2.48. The first-order chi connectivity index (χ1) is 12.5. The summed E-state index contributed by atoms with van der Waals surface area (Å²) in [5.74, 6) is -1.12. The van der Waals surface area contributed by atoms with Crippen molar-refractivity contribution in [3.63, 3.8) is 0 Å². The third kappa shape index (κ3) is 3.19. The molecule has 2 aromatic carbocycles. The molecule has 0 atom stereocenters. The third-order valence-electron chi connectivity index (χ3n) is 4.11. The fourth-order valence-corrected chi connectivity index (χ4v) is 2.96. The highest BCUT2D eigenvalue weighted by Crippen LogP contribution is 2.20. The topological polar surface area (TPSA) is 72.2 Å². The number of carboxylic acids is 1. The second-order valence-electron chi connectivity index (χ2n) is 5.79. The van der Waals surface area contributed by atoms with Gasteiger partial charge in [-0.1, -0.05) is 55.1 Å². The molecule has 3 rings (SSSR count). The molecule has 0 amide bonds. The first-order valence-electron chi connectivity index (χ1n) is 8.16. The number of rotatable bonds is 4. The second-order valence-corrected chi connectivity index (χ2v) is 5.79. The lowest BCUT2D eigenvalue weighted by atomic mass is 10.0. The van der Waals surface area contributed by atoms with Crippen molar-refractivity contribution >= 4 is 28.9 Å². The van der Waals surface area contributed by atoms with Crippen LogP contribution in [0.3, 0.4) is 0 Å². The standard InChI is InChI=1S/C21H18N2O3/c1-3-7-18-17(4-2)20(22-23(21(18)26)13-19(24)25)16-11-10-14-8-5-6-9-15(14)12-16/h3-12H,1,13H2,2H3,(H,24,25)/b17-4+,18-7+. The molecule has 0 saturated heterocycles. The first kappa shape index (κ1) is 17.4. The van der Waals surface area contributed by atoms with Crippen LogP contribution in [0.2, 0.25) is 0 Å². The van der Waals surface area contributed by atoms with Gasteiger partial charge in [0.2, 0.25) is 0 Å². The van der Waals surface area contributed by atoms with E-state index in [-0.39, 0.29) is 0 Å². The Morgan fingerprint density at radius 3 is 2.58 bits per heavy atom. The van der Waals surface area contributed by atoms with E-state index in [4.69, 9.17) is 5.11 Å². The summed E-state index contributed by atoms with van der Waals surface area (Å²) >= 11 is 0. The minimum Gasteiger partial charge on any atom is -0.480 e. The van der Waals surface area contributed by atoms with Crippen molar-refractivity contribution in [2.75, 3.05) is 0 Å². The van der Waals surface area contributed by atoms with Gasteiger partial charge in [-0.2, -0.15) is 5.10 Å². The van der Waals surface area contributed by atoms with Gasteiger partial charge in [0.1, 0.15) is 6.54 Å². The molecular formula is C21H18N2O3. The summed E-state index contributed by atoms with van der Waals surface area (Å²) in [6, 6.07) is 13.8. The molecule has 5 nitrogen and oxygen atoms in total. The van der Waals surface area contributed by atoms with E-state index in [1.807, 2.05) is 49.4 Å². The van der Waals surface area contributed by atoms with E-state index in [2.05, 4.69) is 11.7 Å². The number of aromatic nitrogens is 2. The molecule has 0 fully saturated rings. The SMILES string of the molecule is C=C/C=c1/c(=O)n(CC(=O)O)nc(-c2ccc3ccccc3c2)/c1=C/C. The average Bonchev–Trinajstić information content (AvgIpc) is 2.64. The molecule has 0 spiro atoms. The molecule has 1 aromatic heterocycles. The highest BCUT2D eigenvalue weighted by atomic mass is 16.4. The monoisotopic (exact) mass is 346 g/mol. The number of carboxylic acid groups (broad SMARTS) is 1. The molecule has 1 heterocycles. The highest BCUT2D eigenvalue weighted by Gasteiger charge is 2.12. The molecule has 0 saturated carbocycles. The van der Waals surface area contributed by atoms with Gasteiger partial charge in [0, 0.05) is 10.8 Å². The number of hydrogen-bond acceptors (Lipinski definition) is 3. The van der Waals surface area contributed by atoms with E-state index in [1.54, 1.807) is 12.2 Å². The molecule has 0 bridgehead atoms. The van der Waals surface area contributed by atoms with Crippen LogP contribution in [0, 0.1) is 0 Å². The highest BCUT2D eigenvalue weighted by molar-refractivity contribution is 5.86. The summed E-state index contributed by atoms with van der Waals surface area (Å²) in [5.41, 5.74) is 0.923. The van der Waals surface area contributed by atoms with Crippen LogP contribution in [0.15, 0.2) is 59.9 Å². The van der Waals surface area contributed by atoms with Gasteiger partial charge in [-0.15, -0.1) is 0 Å². The molecule has 0 aliphatic rings. The van der Waals surface area contributed by atoms with Crippen molar-refractivity contribution in [2.24, 2.45) is 0 Å². The van der Waals surface area contributed by atoms with Crippen LogP contribution in [0.1, 0.15) is 6.92 Å². The van der Waals surface area contributed by atoms with E-state index >= 15 is 0 Å². The molecule has 0 unspecified atom stereocenters. The third-order valence-corrected chi connectivity index (χ3v) is 4.11. The van der Waals surface area contributed by atoms with Gasteiger partial charge in [-0.25, -0.2) is 4.68 Å². The van der Waals surface area contributed by atoms with Crippen LogP contribution >= 0.6 is 0 Å². The van der Waals surface area contributed by atoms with E-state index in [0.717, 1.165) is 21.0 Å². The fourth-order valence-electron chi connectivity index (χ4n) is 2.96. The van der Waals surface area contributed by atoms with Gasteiger partial charge in [0.05, 0.1) is 10.9 Å². The maximum atomic E-state index is 12.6. The van der Waals surface area contributed by atoms with Crippen LogP contribution in [0.4, 0.5) is 0 Å². The van der Waals surface area contributed by atoms with E-state index in [1.165, 1.54) is 6.08 Å². The normalized spacial score (nSPS) is 12.5. The Morgan fingerprint density at radius 2 is 1.92 bits per heavy atom. The Kier molecular flexibility index (Phi) is 4.80. The Labute approximate surface area is 149 Å². The summed E-state index contributed by atoms with van der Waals surface area (Å²) < 4.78 is 0.981. The van der Waals surface area contributed by atoms with Gasteiger partial charge < -0.3 is 5.11 Å². The van der Waals surface area contributed by atoms with Crippen LogP contribution in [-0.2, 0) is 11.3 Å². The van der Waals surface area contributed by atoms with Gasteiger partial charge in [-0.05, 0) is 29.8 Å². The summed E-state index contributed by atoms with van der Waals surface area (Å²) in [6.45, 7) is 4.98. The van der Waals surface area contributed by atoms with Gasteiger partial charge in [-0.3, -0.25) is 9.59 Å². The van der Waals surface area contributed by atoms with Gasteiger partial charge >= 0.3 is 5.97 Å². The summed E-state index contributed by atoms with van der Waals surface area (Å²) in [4.78, 5) is 23.7. The number of allylic oxidation sites excluding steroid dienone is 1. The van der Waals surface area contributed by atoms with Crippen LogP contribution in [0.5, 0.6) is 0 Å². The molecule has 0 aliphatic heterocycles. The predicted octanol–water partition coefficient (Wildman–Crippen LogP) is 1.91. The van der Waals surface area contributed by atoms with Crippen molar-refractivity contribution in [1.82, 2.24) is 9.78 Å². The Bertz CT molecular complexity index is 1190. The predicted molar refractivity (Wildman–Crippen MR) is 103 cm³/mol. The number of benzene rings is 2. The molecule has 5 heteroatoms. The fraction of sp³-hybridized carbons (Fsp3) is 0.0952. The van der Waals surface area contributed by atoms with Crippen molar-refractivity contribution < 1.29 is 9.90 Å². The lowest BCUT2D eigenvalue weighted by molar-refractivity contribution is -0.138. The largest absolute Gasteiger partial charge is 0.480 e. The van der Waals surface area contributed by atoms with Gasteiger partial charge in [0.25, 0.3) is 5.56 Å². The van der Waals surface area contributed by atoms with Crippen LogP contribution in [0.25, 0.3) is 34.2 Å². The number of carbonyl (C=O) groups is 1. The number of fused-ring (bicyclic) bond motifs is 1. The molecule has 1 N–H and O–H groups in total. The van der Waals surface area contributed by atoms with Crippen molar-refractivity contribution in [2.45, 2.75) is 13.5 Å². The van der Waals surface area contributed by atoms with Crippen LogP contribution < -0.4 is 16.0 Å². The summed E-state index contributed by atoms with van der Waals surface area (Å²) in [5, 5.41) is 16.6. The molecule has 0 radical (unpaired) electrons. The van der Waals surface area contributed by atoms with Crippen molar-refractivity contribution in [3.05, 3.63) is 75.9 Å². The first-order valence-corrected chi connectivity index (χ1v) is 8.16. The Hall–Kier alpha value is -3.47. The Balaban J connectivity index is 2.39. The number of nitrogens with zero attached hydrogens (tertiary/aromatic N) is 2. The smallest absolute Gasteiger partial charge is 0.325 e. The maximum absolute atomic E-state index is 12.6. The Morgan fingerprint density at radius 1 is 1.19 bits per heavy atom. The second kappa shape index (κ2) is 7.19. The minimum atomic E-state index is -1.12. The maximum Gasteiger partial charge on any atom is 0.325 e. The molecule has 130 valence electrons. The zero-order valence-corrected chi connectivity index (χ0v) is 14.3. The van der Waals surface area contributed by atoms with Crippen LogP contribution in [-0.4, -0.2) is 20.9 Å². The van der Waals surface area contributed by atoms with Crippen molar-refractivity contribution in [3.8, 4) is 11.3 Å². The number of hydrogen-bond donors (Lipinski definition) is 1. The quantitative estimate of drug-likeness (QED) is 0.783. The number of aliphatic carboxylic acids is 1.